The van der Waals surface area contributed by atoms with Gasteiger partial charge < -0.3 is 10.4 Å². The minimum Gasteiger partial charge on any atom is -0.481 e. The Labute approximate surface area is 150 Å². The average molecular weight is 368 g/mol. The number of aliphatic carboxylic acids is 1. The Balaban J connectivity index is 1.59. The molecule has 8 heteroatoms. The van der Waals surface area contributed by atoms with Gasteiger partial charge in [0.05, 0.1) is 22.3 Å². The summed E-state index contributed by atoms with van der Waals surface area (Å²) >= 11 is 1.50. The number of nitrogens with zero attached hydrogens (tertiary/aromatic N) is 3. The minimum atomic E-state index is -0.761. The van der Waals surface area contributed by atoms with Crippen LogP contribution in [0, 0.1) is 11.7 Å². The number of aryl methyl sites for hydroxylation is 1. The molecule has 130 valence electrons. The Morgan fingerprint density at radius 2 is 2.23 bits per heavy atom. The van der Waals surface area contributed by atoms with Crippen molar-refractivity contribution in [3.8, 4) is 0 Å². The lowest BCUT2D eigenvalue weighted by Gasteiger charge is -2.18. The molecule has 6 nitrogen and oxygen atoms in total. The number of aromatic nitrogens is 2. The highest BCUT2D eigenvalue weighted by atomic mass is 32.1. The van der Waals surface area contributed by atoms with Crippen LogP contribution in [0.15, 0.2) is 23.5 Å². The zero-order chi connectivity index (χ0) is 17.8. The minimum absolute atomic E-state index is 0.342. The summed E-state index contributed by atoms with van der Waals surface area (Å²) in [6.07, 6.45) is 4.89. The van der Waals surface area contributed by atoms with Crippen LogP contribution in [0.5, 0.6) is 0 Å². The van der Waals surface area contributed by atoms with Crippen LogP contribution >= 0.6 is 11.3 Å². The first-order valence-corrected chi connectivity index (χ1v) is 9.04. The Kier molecular flexibility index (Phi) is 3.30. The molecule has 0 fully saturated rings. The largest absolute Gasteiger partial charge is 0.481 e. The molecule has 26 heavy (non-hydrogen) atoms. The monoisotopic (exact) mass is 368 g/mol. The van der Waals surface area contributed by atoms with E-state index in [-0.39, 0.29) is 11.7 Å². The van der Waals surface area contributed by atoms with Crippen molar-refractivity contribution in [2.45, 2.75) is 19.3 Å². The van der Waals surface area contributed by atoms with Gasteiger partial charge in [-0.1, -0.05) is 0 Å². The number of fused-ring (bicyclic) bond motifs is 4. The van der Waals surface area contributed by atoms with E-state index in [0.717, 1.165) is 25.9 Å². The molecule has 2 N–H and O–H groups in total. The second kappa shape index (κ2) is 5.57. The first kappa shape index (κ1) is 15.4. The molecule has 1 aliphatic heterocycles. The molecule has 0 saturated carbocycles. The number of hydrogen-bond donors (Lipinski definition) is 2. The Hall–Kier alpha value is -2.87. The molecule has 0 bridgehead atoms. The van der Waals surface area contributed by atoms with Crippen LogP contribution in [0.3, 0.4) is 0 Å². The normalized spacial score (nSPS) is 17.5. The van der Waals surface area contributed by atoms with Gasteiger partial charge >= 0.3 is 5.97 Å². The average Bonchev–Trinajstić information content (AvgIpc) is 2.99. The van der Waals surface area contributed by atoms with Gasteiger partial charge in [0.1, 0.15) is 22.8 Å². The lowest BCUT2D eigenvalue weighted by Crippen LogP contribution is -2.31. The van der Waals surface area contributed by atoms with E-state index in [1.165, 1.54) is 23.7 Å². The fourth-order valence-electron chi connectivity index (χ4n) is 3.51. The third-order valence-corrected chi connectivity index (χ3v) is 6.07. The molecule has 1 atom stereocenters. The number of benzene rings is 1. The van der Waals surface area contributed by atoms with Gasteiger partial charge in [0.25, 0.3) is 0 Å². The number of carboxylic acid groups (broad SMARTS) is 1. The predicted octanol–water partition coefficient (Wildman–Crippen LogP) is 2.13. The molecular weight excluding hydrogens is 355 g/mol. The molecule has 0 amide bonds. The number of anilines is 2. The molecule has 2 aliphatic rings. The van der Waals surface area contributed by atoms with Gasteiger partial charge in [-0.25, -0.2) is 14.4 Å². The van der Waals surface area contributed by atoms with Crippen molar-refractivity contribution in [3.05, 3.63) is 45.3 Å². The van der Waals surface area contributed by atoms with Gasteiger partial charge in [0, 0.05) is 22.4 Å². The summed E-state index contributed by atoms with van der Waals surface area (Å²) in [5, 5.41) is 14.8. The van der Waals surface area contributed by atoms with Crippen LogP contribution in [-0.4, -0.2) is 21.0 Å². The SMILES string of the molecule is O=C(O)C1CCc2c(sc3ncnc(Nc4cc5c(cc4F)=NC=5)c23)C1. The Morgan fingerprint density at radius 3 is 3.00 bits per heavy atom. The quantitative estimate of drug-likeness (QED) is 0.740. The molecule has 3 heterocycles. The molecule has 0 radical (unpaired) electrons. The molecule has 0 spiro atoms. The maximum Gasteiger partial charge on any atom is 0.306 e. The summed E-state index contributed by atoms with van der Waals surface area (Å²) in [7, 11) is 0. The number of hydrogen-bond acceptors (Lipinski definition) is 6. The van der Waals surface area contributed by atoms with Crippen LogP contribution < -0.4 is 15.9 Å². The predicted molar refractivity (Wildman–Crippen MR) is 95.5 cm³/mol. The number of carbonyl (C=O) groups is 1. The molecule has 3 aromatic rings. The number of nitrogens with one attached hydrogen (secondary N) is 1. The van der Waals surface area contributed by atoms with Crippen molar-refractivity contribution in [1.82, 2.24) is 9.97 Å². The zero-order valence-electron chi connectivity index (χ0n) is 13.5. The van der Waals surface area contributed by atoms with Crippen LogP contribution in [0.25, 0.3) is 16.4 Å². The standard InChI is InChI=1S/C18H13FN4O2S/c19-11-5-12-9(6-20-12)3-13(11)23-16-15-10-2-1-8(18(24)25)4-14(10)26-17(15)22-7-21-16/h3,5-8H,1-2,4H2,(H,24,25)(H,21,22,23). The zero-order valence-corrected chi connectivity index (χ0v) is 14.3. The summed E-state index contributed by atoms with van der Waals surface area (Å²) in [5.74, 6) is -0.952. The third-order valence-electron chi connectivity index (χ3n) is 4.91. The van der Waals surface area contributed by atoms with Crippen LogP contribution in [-0.2, 0) is 17.6 Å². The smallest absolute Gasteiger partial charge is 0.306 e. The van der Waals surface area contributed by atoms with Gasteiger partial charge in [-0.05, 0) is 30.9 Å². The second-order valence-electron chi connectivity index (χ2n) is 6.46. The highest BCUT2D eigenvalue weighted by molar-refractivity contribution is 7.19. The van der Waals surface area contributed by atoms with Gasteiger partial charge in [0.2, 0.25) is 0 Å². The van der Waals surface area contributed by atoms with E-state index in [1.54, 1.807) is 12.3 Å². The highest BCUT2D eigenvalue weighted by Crippen LogP contribution is 2.40. The fourth-order valence-corrected chi connectivity index (χ4v) is 4.77. The summed E-state index contributed by atoms with van der Waals surface area (Å²) in [4.78, 5) is 25.8. The van der Waals surface area contributed by atoms with Crippen molar-refractivity contribution >= 4 is 45.2 Å². The fraction of sp³-hybridized carbons (Fsp3) is 0.222. The second-order valence-corrected chi connectivity index (χ2v) is 7.54. The topological polar surface area (TPSA) is 87.5 Å². The molecule has 1 aromatic carbocycles. The highest BCUT2D eigenvalue weighted by Gasteiger charge is 2.29. The third kappa shape index (κ3) is 2.29. The van der Waals surface area contributed by atoms with E-state index in [2.05, 4.69) is 20.3 Å². The molecule has 0 saturated heterocycles. The number of carboxylic acids is 1. The van der Waals surface area contributed by atoms with E-state index >= 15 is 0 Å². The van der Waals surface area contributed by atoms with Crippen molar-refractivity contribution in [2.24, 2.45) is 10.9 Å². The van der Waals surface area contributed by atoms with Gasteiger partial charge in [-0.3, -0.25) is 9.79 Å². The Bertz CT molecular complexity index is 1200. The van der Waals surface area contributed by atoms with Gasteiger partial charge in [-0.2, -0.15) is 0 Å². The van der Waals surface area contributed by atoms with Crippen LogP contribution in [0.4, 0.5) is 15.9 Å². The van der Waals surface area contributed by atoms with E-state index in [0.29, 0.717) is 36.1 Å². The van der Waals surface area contributed by atoms with Crippen LogP contribution in [0.2, 0.25) is 0 Å². The van der Waals surface area contributed by atoms with E-state index < -0.39 is 5.97 Å². The van der Waals surface area contributed by atoms with E-state index in [4.69, 9.17) is 0 Å². The lowest BCUT2D eigenvalue weighted by molar-refractivity contribution is -0.142. The molecule has 5 rings (SSSR count). The van der Waals surface area contributed by atoms with E-state index in [1.807, 2.05) is 0 Å². The molecule has 1 aliphatic carbocycles. The first-order chi connectivity index (χ1) is 12.6. The number of rotatable bonds is 3. The molecule has 1 unspecified atom stereocenters. The Morgan fingerprint density at radius 1 is 1.35 bits per heavy atom. The van der Waals surface area contributed by atoms with Crippen LogP contribution in [0.1, 0.15) is 16.9 Å². The molecular formula is C18H13FN4O2S. The van der Waals surface area contributed by atoms with E-state index in [9.17, 15) is 14.3 Å². The maximum absolute atomic E-state index is 14.3. The first-order valence-electron chi connectivity index (χ1n) is 8.23. The summed E-state index contributed by atoms with van der Waals surface area (Å²) in [6.45, 7) is 0. The maximum atomic E-state index is 14.3. The summed E-state index contributed by atoms with van der Waals surface area (Å²) in [5.41, 5.74) is 1.42. The summed E-state index contributed by atoms with van der Waals surface area (Å²) < 4.78 is 14.3. The number of halogens is 1. The number of thiophene rings is 1. The van der Waals surface area contributed by atoms with Crippen molar-refractivity contribution in [2.75, 3.05) is 5.32 Å². The molecule has 2 aromatic heterocycles. The summed E-state index contributed by atoms with van der Waals surface area (Å²) in [6, 6.07) is 3.11. The van der Waals surface area contributed by atoms with Crippen molar-refractivity contribution in [1.29, 1.82) is 0 Å². The van der Waals surface area contributed by atoms with Crippen molar-refractivity contribution in [3.63, 3.8) is 0 Å². The lowest BCUT2D eigenvalue weighted by atomic mass is 9.88. The van der Waals surface area contributed by atoms with Crippen molar-refractivity contribution < 1.29 is 14.3 Å². The van der Waals surface area contributed by atoms with Gasteiger partial charge in [0.15, 0.2) is 0 Å². The van der Waals surface area contributed by atoms with Gasteiger partial charge in [-0.15, -0.1) is 11.3 Å².